The number of carbonyl (C=O) groups is 1. The minimum Gasteiger partial charge on any atom is -0.317 e. The Morgan fingerprint density at radius 3 is 2.26 bits per heavy atom. The van der Waals surface area contributed by atoms with E-state index in [0.29, 0.717) is 10.2 Å². The number of aromatic nitrogens is 1. The molecule has 1 N–H and O–H groups in total. The average Bonchev–Trinajstić information content (AvgIpc) is 3.15. The highest BCUT2D eigenvalue weighted by Crippen LogP contribution is 2.27. The minimum atomic E-state index is -3.99. The van der Waals surface area contributed by atoms with Gasteiger partial charge < -0.3 is 4.57 Å². The number of anilines is 1. The fraction of sp³-hybridized carbons (Fsp3) is 0.172. The molecule has 4 rings (SSSR count). The van der Waals surface area contributed by atoms with E-state index in [9.17, 15) is 13.2 Å². The maximum atomic E-state index is 13.4. The van der Waals surface area contributed by atoms with Gasteiger partial charge in [0, 0.05) is 21.4 Å². The van der Waals surface area contributed by atoms with Gasteiger partial charge in [0.2, 0.25) is 0 Å². The van der Waals surface area contributed by atoms with Crippen LogP contribution < -0.4 is 9.73 Å². The molecule has 0 aliphatic carbocycles. The van der Waals surface area contributed by atoms with E-state index in [1.165, 1.54) is 12.1 Å². The van der Waals surface area contributed by atoms with E-state index < -0.39 is 22.5 Å². The van der Waals surface area contributed by atoms with Crippen LogP contribution in [0.4, 0.5) is 5.69 Å². The molecule has 0 saturated carbocycles. The number of aryl methyl sites for hydroxylation is 3. The van der Waals surface area contributed by atoms with E-state index in [4.69, 9.17) is 0 Å². The second-order valence-electron chi connectivity index (χ2n) is 9.00. The number of halogens is 1. The number of para-hydroxylation sites is 1. The van der Waals surface area contributed by atoms with E-state index in [1.807, 2.05) is 26.0 Å². The quantitative estimate of drug-likeness (QED) is 0.207. The molecule has 0 bridgehead atoms. The van der Waals surface area contributed by atoms with Crippen molar-refractivity contribution in [2.75, 3.05) is 10.8 Å². The molecule has 1 heterocycles. The Labute approximate surface area is 232 Å². The van der Waals surface area contributed by atoms with Crippen LogP contribution in [0.2, 0.25) is 0 Å². The minimum absolute atomic E-state index is 0.0928. The molecule has 0 aliphatic heterocycles. The molecular weight excluding hydrogens is 564 g/mol. The zero-order valence-corrected chi connectivity index (χ0v) is 24.0. The molecule has 3 aromatic carbocycles. The molecule has 0 unspecified atom stereocenters. The Morgan fingerprint density at radius 1 is 0.947 bits per heavy atom. The van der Waals surface area contributed by atoms with Gasteiger partial charge >= 0.3 is 0 Å². The number of sulfonamides is 1. The third-order valence-corrected chi connectivity index (χ3v) is 8.52. The van der Waals surface area contributed by atoms with Gasteiger partial charge in [-0.3, -0.25) is 9.10 Å². The normalized spacial score (nSPS) is 11.6. The highest BCUT2D eigenvalue weighted by Gasteiger charge is 2.27. The molecule has 0 atom stereocenters. The summed E-state index contributed by atoms with van der Waals surface area (Å²) in [7, 11) is -3.99. The van der Waals surface area contributed by atoms with E-state index in [2.05, 4.69) is 57.0 Å². The largest absolute Gasteiger partial charge is 0.317 e. The summed E-state index contributed by atoms with van der Waals surface area (Å²) in [6.45, 7) is 7.75. The lowest BCUT2D eigenvalue weighted by atomic mass is 10.1. The Balaban J connectivity index is 1.57. The second kappa shape index (κ2) is 11.4. The summed E-state index contributed by atoms with van der Waals surface area (Å²) in [6.07, 6.45) is 1.58. The van der Waals surface area contributed by atoms with E-state index >= 15 is 0 Å². The zero-order valence-electron chi connectivity index (χ0n) is 21.6. The third-order valence-electron chi connectivity index (χ3n) is 6.24. The maximum Gasteiger partial charge on any atom is 0.264 e. The Bertz CT molecular complexity index is 1590. The van der Waals surface area contributed by atoms with Gasteiger partial charge in [-0.15, -0.1) is 0 Å². The summed E-state index contributed by atoms with van der Waals surface area (Å²) in [5.74, 6) is -0.565. The lowest BCUT2D eigenvalue weighted by Gasteiger charge is -2.23. The molecule has 4 aromatic rings. The molecule has 9 heteroatoms. The van der Waals surface area contributed by atoms with Crippen LogP contribution in [0.3, 0.4) is 0 Å². The topological polar surface area (TPSA) is 83.8 Å². The number of hydrogen-bond donors (Lipinski definition) is 1. The molecule has 0 spiro atoms. The van der Waals surface area contributed by atoms with Crippen molar-refractivity contribution in [2.24, 2.45) is 5.10 Å². The van der Waals surface area contributed by atoms with Gasteiger partial charge in [0.25, 0.3) is 15.9 Å². The lowest BCUT2D eigenvalue weighted by molar-refractivity contribution is -0.119. The number of hydrogen-bond acceptors (Lipinski definition) is 4. The predicted octanol–water partition coefficient (Wildman–Crippen LogP) is 5.82. The number of rotatable bonds is 8. The van der Waals surface area contributed by atoms with Crippen LogP contribution in [0.25, 0.3) is 5.69 Å². The first-order valence-corrected chi connectivity index (χ1v) is 14.2. The molecule has 0 saturated heterocycles. The number of amides is 1. The maximum absolute atomic E-state index is 13.4. The highest BCUT2D eigenvalue weighted by atomic mass is 79.9. The lowest BCUT2D eigenvalue weighted by Crippen LogP contribution is -2.39. The molecular formula is C29H29BrN4O3S. The number of nitrogens with one attached hydrogen (secondary N) is 1. The second-order valence-corrected chi connectivity index (χ2v) is 11.8. The van der Waals surface area contributed by atoms with E-state index in [0.717, 1.165) is 38.1 Å². The van der Waals surface area contributed by atoms with Crippen molar-refractivity contribution in [3.63, 3.8) is 0 Å². The van der Waals surface area contributed by atoms with Gasteiger partial charge in [-0.2, -0.15) is 5.10 Å². The van der Waals surface area contributed by atoms with E-state index in [1.54, 1.807) is 48.7 Å². The molecule has 0 radical (unpaired) electrons. The van der Waals surface area contributed by atoms with Crippen LogP contribution in [0.1, 0.15) is 28.1 Å². The Hall–Kier alpha value is -3.69. The first-order chi connectivity index (χ1) is 18.1. The monoisotopic (exact) mass is 592 g/mol. The van der Waals surface area contributed by atoms with Crippen molar-refractivity contribution in [1.29, 1.82) is 0 Å². The first-order valence-electron chi connectivity index (χ1n) is 12.0. The molecule has 196 valence electrons. The van der Waals surface area contributed by atoms with Crippen LogP contribution in [0.5, 0.6) is 0 Å². The Kier molecular flexibility index (Phi) is 8.18. The summed E-state index contributed by atoms with van der Waals surface area (Å²) >= 11 is 3.38. The fourth-order valence-corrected chi connectivity index (χ4v) is 6.25. The summed E-state index contributed by atoms with van der Waals surface area (Å²) in [5, 5.41) is 4.15. The van der Waals surface area contributed by atoms with Crippen molar-refractivity contribution >= 4 is 43.8 Å². The van der Waals surface area contributed by atoms with Gasteiger partial charge in [0.15, 0.2) is 0 Å². The first kappa shape index (κ1) is 27.3. The van der Waals surface area contributed by atoms with Crippen LogP contribution >= 0.6 is 15.9 Å². The number of hydrazone groups is 1. The molecule has 0 aliphatic rings. The molecule has 1 amide bonds. The summed E-state index contributed by atoms with van der Waals surface area (Å²) in [6, 6.07) is 23.0. The molecule has 1 aromatic heterocycles. The SMILES string of the molecule is Cc1cccc(C)c1-n1c(C)cc(/C=N/NC(=O)CN(c2cccc(Br)c2)S(=O)(=O)c2ccccc2)c1C. The van der Waals surface area contributed by atoms with Crippen molar-refractivity contribution in [3.05, 3.63) is 111 Å². The third kappa shape index (κ3) is 5.74. The van der Waals surface area contributed by atoms with Gasteiger partial charge in [-0.25, -0.2) is 13.8 Å². The van der Waals surface area contributed by atoms with E-state index in [-0.39, 0.29) is 4.90 Å². The highest BCUT2D eigenvalue weighted by molar-refractivity contribution is 9.10. The Morgan fingerprint density at radius 2 is 1.61 bits per heavy atom. The standard InChI is InChI=1S/C29H29BrN4O3S/c1-20-10-8-11-21(2)29(20)34-22(3)16-24(23(34)4)18-31-32-28(35)19-33(26-13-9-12-25(30)17-26)38(36,37)27-14-6-5-7-15-27/h5-18H,19H2,1-4H3,(H,32,35)/b31-18+. The number of nitrogens with zero attached hydrogens (tertiary/aromatic N) is 3. The smallest absolute Gasteiger partial charge is 0.264 e. The van der Waals surface area contributed by atoms with Gasteiger partial charge in [0.05, 0.1) is 22.5 Å². The zero-order chi connectivity index (χ0) is 27.4. The molecule has 38 heavy (non-hydrogen) atoms. The summed E-state index contributed by atoms with van der Waals surface area (Å²) in [5.41, 5.74) is 9.19. The van der Waals surface area contributed by atoms with Crippen LogP contribution in [0, 0.1) is 27.7 Å². The summed E-state index contributed by atoms with van der Waals surface area (Å²) < 4.78 is 30.8. The van der Waals surface area contributed by atoms with Crippen molar-refractivity contribution in [2.45, 2.75) is 32.6 Å². The van der Waals surface area contributed by atoms with Gasteiger partial charge in [0.1, 0.15) is 6.54 Å². The van der Waals surface area contributed by atoms with Gasteiger partial charge in [-0.1, -0.05) is 58.4 Å². The predicted molar refractivity (Wildman–Crippen MR) is 156 cm³/mol. The van der Waals surface area contributed by atoms with Crippen LogP contribution in [0.15, 0.2) is 93.3 Å². The van der Waals surface area contributed by atoms with Crippen molar-refractivity contribution in [1.82, 2.24) is 9.99 Å². The van der Waals surface area contributed by atoms with Crippen LogP contribution in [-0.2, 0) is 14.8 Å². The van der Waals surface area contributed by atoms with Crippen molar-refractivity contribution < 1.29 is 13.2 Å². The number of carbonyl (C=O) groups excluding carboxylic acids is 1. The molecule has 7 nitrogen and oxygen atoms in total. The van der Waals surface area contributed by atoms with Gasteiger partial charge in [-0.05, 0) is 75.2 Å². The number of benzene rings is 3. The molecule has 0 fully saturated rings. The van der Waals surface area contributed by atoms with Crippen molar-refractivity contribution in [3.8, 4) is 5.69 Å². The average molecular weight is 594 g/mol. The van der Waals surface area contributed by atoms with Crippen LogP contribution in [-0.4, -0.2) is 31.7 Å². The summed E-state index contributed by atoms with van der Waals surface area (Å²) in [4.78, 5) is 13.0. The fourth-order valence-electron chi connectivity index (χ4n) is 4.43.